The number of nitrogens with zero attached hydrogens (tertiary/aromatic N) is 10. The van der Waals surface area contributed by atoms with Gasteiger partial charge in [0.05, 0.1) is 6.04 Å². The smallest absolute Gasteiger partial charge is 0.173 e. The lowest BCUT2D eigenvalue weighted by Gasteiger charge is -2.34. The van der Waals surface area contributed by atoms with E-state index in [2.05, 4.69) is 99.4 Å². The first kappa shape index (κ1) is 29.0. The fourth-order valence-electron chi connectivity index (χ4n) is 5.14. The van der Waals surface area contributed by atoms with E-state index in [0.29, 0.717) is 18.2 Å². The van der Waals surface area contributed by atoms with Crippen molar-refractivity contribution in [2.75, 3.05) is 81.3 Å². The number of aromatic nitrogens is 5. The summed E-state index contributed by atoms with van der Waals surface area (Å²) < 4.78 is 1.89. The Hall–Kier alpha value is -4.47. The Balaban J connectivity index is 1.46. The van der Waals surface area contributed by atoms with Crippen LogP contribution in [0.15, 0.2) is 42.9 Å². The second kappa shape index (κ2) is 12.6. The van der Waals surface area contributed by atoms with Gasteiger partial charge in [0.2, 0.25) is 0 Å². The van der Waals surface area contributed by atoms with E-state index >= 15 is 0 Å². The highest BCUT2D eigenvalue weighted by Crippen LogP contribution is 2.28. The topological polar surface area (TPSA) is 131 Å². The summed E-state index contributed by atoms with van der Waals surface area (Å²) in [5, 5.41) is 17.7. The number of hydrogen-bond acceptors (Lipinski definition) is 11. The molecule has 5 rings (SSSR count). The Morgan fingerprint density at radius 3 is 2.50 bits per heavy atom. The molecule has 12 heteroatoms. The van der Waals surface area contributed by atoms with E-state index in [4.69, 9.17) is 15.8 Å². The van der Waals surface area contributed by atoms with Crippen LogP contribution in [0, 0.1) is 18.3 Å². The number of nitrogen functional groups attached to an aromatic ring is 1. The summed E-state index contributed by atoms with van der Waals surface area (Å²) in [5.41, 5.74) is 10.7. The molecule has 1 fully saturated rings. The molecule has 42 heavy (non-hydrogen) atoms. The molecular weight excluding hydrogens is 528 g/mol. The van der Waals surface area contributed by atoms with Crippen molar-refractivity contribution in [3.05, 3.63) is 65.4 Å². The van der Waals surface area contributed by atoms with Crippen molar-refractivity contribution in [2.45, 2.75) is 26.4 Å². The summed E-state index contributed by atoms with van der Waals surface area (Å²) in [4.78, 5) is 22.6. The molecule has 0 aliphatic carbocycles. The molecular formula is C30H40N12. The Bertz CT molecular complexity index is 1550. The molecule has 0 spiro atoms. The largest absolute Gasteiger partial charge is 0.382 e. The number of fused-ring (bicyclic) bond motifs is 1. The van der Waals surface area contributed by atoms with Crippen LogP contribution in [0.25, 0.3) is 5.52 Å². The van der Waals surface area contributed by atoms with Gasteiger partial charge in [-0.15, -0.1) is 0 Å². The predicted molar refractivity (Wildman–Crippen MR) is 167 cm³/mol. The van der Waals surface area contributed by atoms with Crippen LogP contribution in [-0.4, -0.2) is 94.8 Å². The van der Waals surface area contributed by atoms with Crippen molar-refractivity contribution >= 4 is 28.7 Å². The maximum absolute atomic E-state index is 9.59. The molecule has 1 aliphatic heterocycles. The van der Waals surface area contributed by atoms with Gasteiger partial charge >= 0.3 is 0 Å². The van der Waals surface area contributed by atoms with Gasteiger partial charge in [0.1, 0.15) is 35.1 Å². The molecule has 3 N–H and O–H groups in total. The third-order valence-electron chi connectivity index (χ3n) is 7.73. The van der Waals surface area contributed by atoms with Gasteiger partial charge in [0, 0.05) is 57.7 Å². The summed E-state index contributed by atoms with van der Waals surface area (Å²) in [6.45, 7) is 10.6. The number of piperazine rings is 1. The second-order valence-corrected chi connectivity index (χ2v) is 11.2. The number of nitriles is 1. The number of hydrogen-bond donors (Lipinski definition) is 2. The molecule has 0 radical (unpaired) electrons. The van der Waals surface area contributed by atoms with Crippen LogP contribution >= 0.6 is 0 Å². The zero-order valence-electron chi connectivity index (χ0n) is 25.1. The lowest BCUT2D eigenvalue weighted by molar-refractivity contribution is 0.313. The van der Waals surface area contributed by atoms with Gasteiger partial charge in [-0.3, -0.25) is 0 Å². The molecule has 0 saturated carbocycles. The third-order valence-corrected chi connectivity index (χ3v) is 7.73. The average molecular weight is 569 g/mol. The van der Waals surface area contributed by atoms with E-state index in [1.807, 2.05) is 17.6 Å². The number of aryl methyl sites for hydroxylation is 1. The van der Waals surface area contributed by atoms with Gasteiger partial charge < -0.3 is 30.7 Å². The minimum Gasteiger partial charge on any atom is -0.382 e. The lowest BCUT2D eigenvalue weighted by Crippen LogP contribution is -2.44. The fourth-order valence-corrected chi connectivity index (χ4v) is 5.14. The van der Waals surface area contributed by atoms with Gasteiger partial charge in [-0.05, 0) is 64.3 Å². The predicted octanol–water partition coefficient (Wildman–Crippen LogP) is 2.77. The van der Waals surface area contributed by atoms with E-state index < -0.39 is 0 Å². The van der Waals surface area contributed by atoms with Crippen LogP contribution < -0.4 is 20.9 Å². The van der Waals surface area contributed by atoms with Crippen LogP contribution in [0.3, 0.4) is 0 Å². The highest BCUT2D eigenvalue weighted by Gasteiger charge is 2.22. The third kappa shape index (κ3) is 6.37. The van der Waals surface area contributed by atoms with Gasteiger partial charge in [-0.1, -0.05) is 12.1 Å². The SMILES string of the molecule is Cc1ccn2nc([C@H](C)Nc3ncnc(N)c3C#N)nc(N(CCN(C)C)Cc3ccc(N4CCN(C)CC4)cc3)c12. The molecule has 1 saturated heterocycles. The second-order valence-electron chi connectivity index (χ2n) is 11.2. The number of likely N-dealkylation sites (N-methyl/N-ethyl adjacent to an activating group) is 2. The summed E-state index contributed by atoms with van der Waals surface area (Å²) in [6.07, 6.45) is 3.30. The fraction of sp³-hybridized carbons (Fsp3) is 0.433. The molecule has 1 atom stereocenters. The van der Waals surface area contributed by atoms with E-state index in [1.54, 1.807) is 0 Å². The molecule has 12 nitrogen and oxygen atoms in total. The summed E-state index contributed by atoms with van der Waals surface area (Å²) in [5.74, 6) is 1.93. The monoisotopic (exact) mass is 568 g/mol. The first-order chi connectivity index (χ1) is 20.2. The van der Waals surface area contributed by atoms with Crippen LogP contribution in [0.2, 0.25) is 0 Å². The molecule has 0 amide bonds. The van der Waals surface area contributed by atoms with Crippen LogP contribution in [-0.2, 0) is 6.54 Å². The Morgan fingerprint density at radius 2 is 1.81 bits per heavy atom. The van der Waals surface area contributed by atoms with Crippen LogP contribution in [0.4, 0.5) is 23.1 Å². The van der Waals surface area contributed by atoms with Gasteiger partial charge in [0.25, 0.3) is 0 Å². The number of nitrogens with two attached hydrogens (primary N) is 1. The molecule has 1 aliphatic rings. The highest BCUT2D eigenvalue weighted by atomic mass is 15.3. The molecule has 220 valence electrons. The van der Waals surface area contributed by atoms with Crippen molar-refractivity contribution < 1.29 is 0 Å². The number of benzene rings is 1. The highest BCUT2D eigenvalue weighted by molar-refractivity contribution is 5.73. The first-order valence-electron chi connectivity index (χ1n) is 14.3. The Labute approximate surface area is 247 Å². The zero-order chi connectivity index (χ0) is 29.8. The Morgan fingerprint density at radius 1 is 1.07 bits per heavy atom. The molecule has 4 heterocycles. The minimum atomic E-state index is -0.351. The summed E-state index contributed by atoms with van der Waals surface area (Å²) >= 11 is 0. The summed E-state index contributed by atoms with van der Waals surface area (Å²) in [6, 6.07) is 12.7. The standard InChI is InChI=1S/C30H40N12/c1-21-10-11-42-26(21)30(36-28(37-42)22(2)35-29-25(18-31)27(32)33-20-34-29)41(15-12-38(3)4)19-23-6-8-24(9-7-23)40-16-13-39(5)14-17-40/h6-11,20,22H,12-17,19H2,1-5H3,(H3,32,33,34,35)/t22-/m0/s1. The van der Waals surface area contributed by atoms with Crippen LogP contribution in [0.1, 0.15) is 35.5 Å². The van der Waals surface area contributed by atoms with E-state index in [9.17, 15) is 5.26 Å². The van der Waals surface area contributed by atoms with E-state index in [-0.39, 0.29) is 17.4 Å². The van der Waals surface area contributed by atoms with Gasteiger partial charge in [-0.25, -0.2) is 19.5 Å². The van der Waals surface area contributed by atoms with Crippen molar-refractivity contribution in [3.63, 3.8) is 0 Å². The normalized spacial score (nSPS) is 14.7. The molecule has 4 aromatic rings. The Kier molecular flexibility index (Phi) is 8.70. The van der Waals surface area contributed by atoms with Gasteiger partial charge in [-0.2, -0.15) is 10.4 Å². The maximum Gasteiger partial charge on any atom is 0.173 e. The number of anilines is 4. The van der Waals surface area contributed by atoms with Crippen molar-refractivity contribution in [3.8, 4) is 6.07 Å². The van der Waals surface area contributed by atoms with Crippen molar-refractivity contribution in [2.24, 2.45) is 0 Å². The van der Waals surface area contributed by atoms with Crippen molar-refractivity contribution in [1.82, 2.24) is 34.4 Å². The number of rotatable bonds is 10. The quantitative estimate of drug-likeness (QED) is 0.293. The molecule has 1 aromatic carbocycles. The average Bonchev–Trinajstić information content (AvgIpc) is 3.36. The lowest BCUT2D eigenvalue weighted by atomic mass is 10.1. The van der Waals surface area contributed by atoms with E-state index in [0.717, 1.165) is 56.2 Å². The molecule has 3 aromatic heterocycles. The summed E-state index contributed by atoms with van der Waals surface area (Å²) in [7, 11) is 6.34. The van der Waals surface area contributed by atoms with Crippen LogP contribution in [0.5, 0.6) is 0 Å². The van der Waals surface area contributed by atoms with E-state index in [1.165, 1.54) is 17.6 Å². The number of nitrogens with one attached hydrogen (secondary N) is 1. The first-order valence-corrected chi connectivity index (χ1v) is 14.3. The van der Waals surface area contributed by atoms with Crippen molar-refractivity contribution in [1.29, 1.82) is 5.26 Å². The molecule has 0 unspecified atom stereocenters. The molecule has 0 bridgehead atoms. The van der Waals surface area contributed by atoms with Gasteiger partial charge in [0.15, 0.2) is 11.6 Å². The maximum atomic E-state index is 9.59. The minimum absolute atomic E-state index is 0.133. The zero-order valence-corrected chi connectivity index (χ0v) is 25.1.